The number of carbonyl (C=O) groups is 2. The predicted molar refractivity (Wildman–Crippen MR) is 97.5 cm³/mol. The largest absolute Gasteiger partial charge is 0.465 e. The molecule has 6 heteroatoms. The highest BCUT2D eigenvalue weighted by molar-refractivity contribution is 6.04. The maximum atomic E-state index is 11.7. The second kappa shape index (κ2) is 7.88. The molecule has 0 aliphatic heterocycles. The number of hydrogen-bond donors (Lipinski definition) is 2. The third kappa shape index (κ3) is 5.38. The van der Waals surface area contributed by atoms with E-state index in [0.717, 1.165) is 16.5 Å². The maximum Gasteiger partial charge on any atom is 0.407 e. The Morgan fingerprint density at radius 3 is 2.72 bits per heavy atom. The molecule has 0 bridgehead atoms. The SMILES string of the molecule is COC(=O)c1c[nH]c2ccc(C=CCCNC(=O)OC(C)(C)C)cc12. The van der Waals surface area contributed by atoms with Gasteiger partial charge < -0.3 is 19.8 Å². The first kappa shape index (κ1) is 18.6. The minimum atomic E-state index is -0.497. The number of esters is 1. The average molecular weight is 344 g/mol. The van der Waals surface area contributed by atoms with Crippen LogP contribution in [-0.4, -0.2) is 36.3 Å². The molecule has 0 aliphatic carbocycles. The van der Waals surface area contributed by atoms with Gasteiger partial charge in [0.15, 0.2) is 0 Å². The van der Waals surface area contributed by atoms with E-state index in [2.05, 4.69) is 10.3 Å². The average Bonchev–Trinajstić information content (AvgIpc) is 2.95. The van der Waals surface area contributed by atoms with E-state index in [0.29, 0.717) is 18.5 Å². The number of methoxy groups -OCH3 is 1. The summed E-state index contributed by atoms with van der Waals surface area (Å²) < 4.78 is 9.95. The van der Waals surface area contributed by atoms with Gasteiger partial charge in [-0.05, 0) is 44.9 Å². The highest BCUT2D eigenvalue weighted by Gasteiger charge is 2.15. The van der Waals surface area contributed by atoms with Gasteiger partial charge >= 0.3 is 12.1 Å². The van der Waals surface area contributed by atoms with Crippen molar-refractivity contribution in [1.82, 2.24) is 10.3 Å². The quantitative estimate of drug-likeness (QED) is 0.637. The van der Waals surface area contributed by atoms with Gasteiger partial charge in [-0.1, -0.05) is 18.2 Å². The molecule has 0 saturated heterocycles. The van der Waals surface area contributed by atoms with Crippen molar-refractivity contribution in [3.05, 3.63) is 41.6 Å². The van der Waals surface area contributed by atoms with E-state index in [9.17, 15) is 9.59 Å². The number of aromatic amines is 1. The van der Waals surface area contributed by atoms with Gasteiger partial charge in [-0.2, -0.15) is 0 Å². The fourth-order valence-corrected chi connectivity index (χ4v) is 2.31. The van der Waals surface area contributed by atoms with Crippen LogP contribution in [0.4, 0.5) is 4.79 Å². The molecule has 2 rings (SSSR count). The Kier molecular flexibility index (Phi) is 5.85. The standard InChI is InChI=1S/C19H24N2O4/c1-19(2,3)25-18(23)20-10-6-5-7-13-8-9-16-14(11-13)15(12-21-16)17(22)24-4/h5,7-9,11-12,21H,6,10H2,1-4H3,(H,20,23). The van der Waals surface area contributed by atoms with Gasteiger partial charge in [-0.25, -0.2) is 9.59 Å². The van der Waals surface area contributed by atoms with Crippen LogP contribution in [0.5, 0.6) is 0 Å². The lowest BCUT2D eigenvalue weighted by Crippen LogP contribution is -2.32. The molecule has 6 nitrogen and oxygen atoms in total. The van der Waals surface area contributed by atoms with E-state index in [4.69, 9.17) is 9.47 Å². The number of aromatic nitrogens is 1. The summed E-state index contributed by atoms with van der Waals surface area (Å²) in [6.45, 7) is 5.97. The van der Waals surface area contributed by atoms with E-state index in [1.807, 2.05) is 51.1 Å². The summed E-state index contributed by atoms with van der Waals surface area (Å²) in [4.78, 5) is 26.3. The summed E-state index contributed by atoms with van der Waals surface area (Å²) in [5.74, 6) is -0.367. The van der Waals surface area contributed by atoms with Gasteiger partial charge in [0, 0.05) is 23.6 Å². The van der Waals surface area contributed by atoms with Crippen LogP contribution >= 0.6 is 0 Å². The number of benzene rings is 1. The summed E-state index contributed by atoms with van der Waals surface area (Å²) in [7, 11) is 1.36. The van der Waals surface area contributed by atoms with E-state index in [1.165, 1.54) is 7.11 Å². The second-order valence-corrected chi connectivity index (χ2v) is 6.62. The van der Waals surface area contributed by atoms with Crippen LogP contribution < -0.4 is 5.32 Å². The number of alkyl carbamates (subject to hydrolysis) is 1. The van der Waals surface area contributed by atoms with E-state index in [-0.39, 0.29) is 5.97 Å². The zero-order valence-corrected chi connectivity index (χ0v) is 15.0. The van der Waals surface area contributed by atoms with Gasteiger partial charge in [-0.3, -0.25) is 0 Å². The van der Waals surface area contributed by atoms with Crippen molar-refractivity contribution in [2.24, 2.45) is 0 Å². The number of amides is 1. The van der Waals surface area contributed by atoms with Crippen LogP contribution in [0.25, 0.3) is 17.0 Å². The fraction of sp³-hybridized carbons (Fsp3) is 0.368. The minimum absolute atomic E-state index is 0.367. The fourth-order valence-electron chi connectivity index (χ4n) is 2.31. The highest BCUT2D eigenvalue weighted by atomic mass is 16.6. The van der Waals surface area contributed by atoms with Crippen LogP contribution in [0.15, 0.2) is 30.5 Å². The van der Waals surface area contributed by atoms with Crippen LogP contribution in [0.3, 0.4) is 0 Å². The molecule has 25 heavy (non-hydrogen) atoms. The van der Waals surface area contributed by atoms with E-state index in [1.54, 1.807) is 6.20 Å². The van der Waals surface area contributed by atoms with Crippen molar-refractivity contribution in [1.29, 1.82) is 0 Å². The summed E-state index contributed by atoms with van der Waals surface area (Å²) >= 11 is 0. The predicted octanol–water partition coefficient (Wildman–Crippen LogP) is 3.88. The number of ether oxygens (including phenoxy) is 2. The van der Waals surface area contributed by atoms with Crippen molar-refractivity contribution in [3.63, 3.8) is 0 Å². The molecular weight excluding hydrogens is 320 g/mol. The molecule has 134 valence electrons. The Labute approximate surface area is 147 Å². The zero-order valence-electron chi connectivity index (χ0n) is 15.0. The third-order valence-electron chi connectivity index (χ3n) is 3.40. The van der Waals surface area contributed by atoms with Gasteiger partial charge in [-0.15, -0.1) is 0 Å². The monoisotopic (exact) mass is 344 g/mol. The Morgan fingerprint density at radius 1 is 1.28 bits per heavy atom. The lowest BCUT2D eigenvalue weighted by molar-refractivity contribution is 0.0527. The lowest BCUT2D eigenvalue weighted by atomic mass is 10.1. The topological polar surface area (TPSA) is 80.4 Å². The van der Waals surface area contributed by atoms with Crippen LogP contribution in [0.1, 0.15) is 43.1 Å². The summed E-state index contributed by atoms with van der Waals surface area (Å²) in [6, 6.07) is 5.80. The number of fused-ring (bicyclic) bond motifs is 1. The Bertz CT molecular complexity index is 784. The van der Waals surface area contributed by atoms with Crippen molar-refractivity contribution in [2.45, 2.75) is 32.8 Å². The molecule has 1 amide bonds. The zero-order chi connectivity index (χ0) is 18.4. The van der Waals surface area contributed by atoms with Gasteiger partial charge in [0.2, 0.25) is 0 Å². The molecule has 2 N–H and O–H groups in total. The van der Waals surface area contributed by atoms with Gasteiger partial charge in [0.25, 0.3) is 0 Å². The molecular formula is C19H24N2O4. The van der Waals surface area contributed by atoms with Crippen molar-refractivity contribution >= 4 is 29.0 Å². The molecule has 2 aromatic rings. The Morgan fingerprint density at radius 2 is 2.04 bits per heavy atom. The van der Waals surface area contributed by atoms with Crippen molar-refractivity contribution in [3.8, 4) is 0 Å². The number of nitrogens with one attached hydrogen (secondary N) is 2. The first-order chi connectivity index (χ1) is 11.8. The summed E-state index contributed by atoms with van der Waals surface area (Å²) in [6.07, 6.45) is 5.81. The molecule has 1 aromatic heterocycles. The number of rotatable bonds is 5. The van der Waals surface area contributed by atoms with Crippen molar-refractivity contribution in [2.75, 3.05) is 13.7 Å². The smallest absolute Gasteiger partial charge is 0.407 e. The Balaban J connectivity index is 1.93. The maximum absolute atomic E-state index is 11.7. The molecule has 1 heterocycles. The van der Waals surface area contributed by atoms with Crippen LogP contribution in [0, 0.1) is 0 Å². The van der Waals surface area contributed by atoms with Crippen LogP contribution in [-0.2, 0) is 9.47 Å². The third-order valence-corrected chi connectivity index (χ3v) is 3.40. The summed E-state index contributed by atoms with van der Waals surface area (Å²) in [5, 5.41) is 3.52. The Hall–Kier alpha value is -2.76. The first-order valence-electron chi connectivity index (χ1n) is 8.13. The van der Waals surface area contributed by atoms with Crippen molar-refractivity contribution < 1.29 is 19.1 Å². The molecule has 0 radical (unpaired) electrons. The van der Waals surface area contributed by atoms with E-state index >= 15 is 0 Å². The molecule has 0 spiro atoms. The normalized spacial score (nSPS) is 11.7. The minimum Gasteiger partial charge on any atom is -0.465 e. The number of hydrogen-bond acceptors (Lipinski definition) is 4. The molecule has 1 aromatic carbocycles. The molecule has 0 atom stereocenters. The molecule has 0 aliphatic rings. The number of carbonyl (C=O) groups excluding carboxylic acids is 2. The lowest BCUT2D eigenvalue weighted by Gasteiger charge is -2.19. The molecule has 0 saturated carbocycles. The molecule has 0 fully saturated rings. The van der Waals surface area contributed by atoms with Crippen LogP contribution in [0.2, 0.25) is 0 Å². The molecule has 0 unspecified atom stereocenters. The summed E-state index contributed by atoms with van der Waals surface area (Å²) in [5.41, 5.74) is 1.86. The number of H-pyrrole nitrogens is 1. The highest BCUT2D eigenvalue weighted by Crippen LogP contribution is 2.21. The van der Waals surface area contributed by atoms with E-state index < -0.39 is 11.7 Å². The van der Waals surface area contributed by atoms with Gasteiger partial charge in [0.1, 0.15) is 5.60 Å². The first-order valence-corrected chi connectivity index (χ1v) is 8.13. The second-order valence-electron chi connectivity index (χ2n) is 6.62. The van der Waals surface area contributed by atoms with Gasteiger partial charge in [0.05, 0.1) is 12.7 Å².